The van der Waals surface area contributed by atoms with Gasteiger partial charge in [0, 0.05) is 22.4 Å². The highest BCUT2D eigenvalue weighted by Crippen LogP contribution is 2.70. The molecule has 0 saturated heterocycles. The summed E-state index contributed by atoms with van der Waals surface area (Å²) >= 11 is 0. The summed E-state index contributed by atoms with van der Waals surface area (Å²) in [6, 6.07) is 35.0. The molecular weight excluding hydrogens is 639 g/mol. The van der Waals surface area contributed by atoms with E-state index in [1.54, 1.807) is 27.8 Å². The lowest BCUT2D eigenvalue weighted by molar-refractivity contribution is -0.0399. The van der Waals surface area contributed by atoms with Crippen LogP contribution in [0.2, 0.25) is 0 Å². The first-order valence-electron chi connectivity index (χ1n) is 21.9. The van der Waals surface area contributed by atoms with Crippen molar-refractivity contribution in [1.82, 2.24) is 0 Å². The van der Waals surface area contributed by atoms with Gasteiger partial charge in [0.15, 0.2) is 0 Å². The lowest BCUT2D eigenvalue weighted by atomic mass is 9.43. The fraction of sp³-hybridized carbons (Fsp3) is 0.538. The van der Waals surface area contributed by atoms with E-state index < -0.39 is 0 Å². The summed E-state index contributed by atoms with van der Waals surface area (Å²) in [5.41, 5.74) is 16.1. The Bertz CT molecular complexity index is 2080. The SMILES string of the molecule is CC1(C)CCC(C)(C)c2cc(N(c3ccc(C45CC6CC(CC(C6)C4)C5)cc3)c3cccc4c3-c3ccccc3C43C4CC5CC(C4)CC3C5)ccc21. The van der Waals surface area contributed by atoms with Crippen LogP contribution in [0.15, 0.2) is 84.9 Å². The highest BCUT2D eigenvalue weighted by atomic mass is 15.1. The molecule has 1 spiro atoms. The van der Waals surface area contributed by atoms with Crippen LogP contribution in [0.4, 0.5) is 17.1 Å². The number of fused-ring (bicyclic) bond motifs is 4. The van der Waals surface area contributed by atoms with Gasteiger partial charge in [-0.25, -0.2) is 0 Å². The van der Waals surface area contributed by atoms with Crippen molar-refractivity contribution in [2.24, 2.45) is 41.4 Å². The molecule has 0 unspecified atom stereocenters. The molecule has 53 heavy (non-hydrogen) atoms. The van der Waals surface area contributed by atoms with E-state index in [1.807, 2.05) is 0 Å². The molecule has 4 aromatic rings. The van der Waals surface area contributed by atoms with Gasteiger partial charge in [-0.1, -0.05) is 82.3 Å². The fourth-order valence-corrected chi connectivity index (χ4v) is 15.9. The van der Waals surface area contributed by atoms with Gasteiger partial charge in [0.05, 0.1) is 5.69 Å². The van der Waals surface area contributed by atoms with Gasteiger partial charge in [0.2, 0.25) is 0 Å². The number of hydrogen-bond donors (Lipinski definition) is 0. The summed E-state index contributed by atoms with van der Waals surface area (Å²) in [6.07, 6.45) is 18.5. The minimum absolute atomic E-state index is 0.157. The zero-order valence-corrected chi connectivity index (χ0v) is 32.8. The minimum Gasteiger partial charge on any atom is -0.310 e. The average molecular weight is 698 g/mol. The Labute approximate surface area is 319 Å². The highest BCUT2D eigenvalue weighted by molar-refractivity contribution is 5.95. The third kappa shape index (κ3) is 4.32. The topological polar surface area (TPSA) is 3.24 Å². The molecule has 1 nitrogen and oxygen atoms in total. The van der Waals surface area contributed by atoms with Crippen LogP contribution >= 0.6 is 0 Å². The van der Waals surface area contributed by atoms with Crippen LogP contribution in [0.3, 0.4) is 0 Å². The van der Waals surface area contributed by atoms with Gasteiger partial charge < -0.3 is 4.90 Å². The molecule has 14 rings (SSSR count). The number of hydrogen-bond acceptors (Lipinski definition) is 1. The standard InChI is InChI=1S/C52H59N/c1-49(2)18-19-50(3,4)46-28-41(16-17-44(46)49)53(40-14-12-37(13-15-40)51-29-34-21-35(30-51)23-36(22-34)31-51)47-11-7-10-45-48(47)42-8-5-6-9-43(42)52(45)38-24-32-20-33(26-38)27-39(52)25-32/h5-17,28,32-36,38-39H,18-27,29-31H2,1-4H3. The maximum atomic E-state index is 2.70. The van der Waals surface area contributed by atoms with Crippen LogP contribution < -0.4 is 4.90 Å². The normalized spacial score (nSPS) is 37.1. The van der Waals surface area contributed by atoms with Crippen molar-refractivity contribution >= 4 is 17.1 Å². The molecule has 1 heteroatoms. The summed E-state index contributed by atoms with van der Waals surface area (Å²) in [6.45, 7) is 9.91. The molecule has 0 N–H and O–H groups in total. The lowest BCUT2D eigenvalue weighted by Crippen LogP contribution is -2.55. The first kappa shape index (κ1) is 32.0. The largest absolute Gasteiger partial charge is 0.310 e. The molecule has 0 heterocycles. The molecule has 0 aliphatic heterocycles. The molecule has 0 radical (unpaired) electrons. The van der Waals surface area contributed by atoms with Crippen LogP contribution in [0.5, 0.6) is 0 Å². The van der Waals surface area contributed by atoms with Crippen molar-refractivity contribution in [3.8, 4) is 11.1 Å². The second kappa shape index (κ2) is 10.7. The summed E-state index contributed by atoms with van der Waals surface area (Å²) in [7, 11) is 0. The van der Waals surface area contributed by atoms with Crippen molar-refractivity contribution in [2.45, 2.75) is 133 Å². The van der Waals surface area contributed by atoms with Gasteiger partial charge in [-0.15, -0.1) is 0 Å². The first-order valence-corrected chi connectivity index (χ1v) is 21.9. The Balaban J connectivity index is 1.05. The smallest absolute Gasteiger partial charge is 0.0543 e. The third-order valence-electron chi connectivity index (χ3n) is 17.7. The molecule has 8 fully saturated rings. The zero-order valence-electron chi connectivity index (χ0n) is 32.8. The van der Waals surface area contributed by atoms with E-state index in [4.69, 9.17) is 0 Å². The Morgan fingerprint density at radius 2 is 1.06 bits per heavy atom. The average Bonchev–Trinajstić information content (AvgIpc) is 3.44. The van der Waals surface area contributed by atoms with Gasteiger partial charge in [0.1, 0.15) is 0 Å². The van der Waals surface area contributed by atoms with Crippen molar-refractivity contribution in [3.63, 3.8) is 0 Å². The van der Waals surface area contributed by atoms with E-state index in [1.165, 1.54) is 112 Å². The van der Waals surface area contributed by atoms with Crippen molar-refractivity contribution in [1.29, 1.82) is 0 Å². The minimum atomic E-state index is 0.157. The van der Waals surface area contributed by atoms with Gasteiger partial charge in [-0.3, -0.25) is 0 Å². The summed E-state index contributed by atoms with van der Waals surface area (Å²) in [5, 5.41) is 0. The van der Waals surface area contributed by atoms with Crippen molar-refractivity contribution in [3.05, 3.63) is 113 Å². The second-order valence-electron chi connectivity index (χ2n) is 21.5. The lowest BCUT2D eigenvalue weighted by Gasteiger charge is -2.61. The number of benzene rings is 4. The fourth-order valence-electron chi connectivity index (χ4n) is 15.9. The van der Waals surface area contributed by atoms with E-state index in [0.29, 0.717) is 5.41 Å². The number of rotatable bonds is 4. The van der Waals surface area contributed by atoms with Gasteiger partial charge >= 0.3 is 0 Å². The van der Waals surface area contributed by atoms with Crippen LogP contribution in [-0.4, -0.2) is 0 Å². The Morgan fingerprint density at radius 1 is 0.491 bits per heavy atom. The Kier molecular flexibility index (Phi) is 6.46. The molecule has 10 aliphatic rings. The monoisotopic (exact) mass is 697 g/mol. The maximum Gasteiger partial charge on any atom is 0.0543 e. The molecule has 0 aromatic heterocycles. The van der Waals surface area contributed by atoms with Crippen LogP contribution in [-0.2, 0) is 21.7 Å². The molecule has 8 saturated carbocycles. The van der Waals surface area contributed by atoms with E-state index in [9.17, 15) is 0 Å². The molecule has 0 amide bonds. The van der Waals surface area contributed by atoms with Crippen LogP contribution in [0, 0.1) is 41.4 Å². The van der Waals surface area contributed by atoms with Crippen molar-refractivity contribution in [2.75, 3.05) is 4.90 Å². The van der Waals surface area contributed by atoms with Crippen molar-refractivity contribution < 1.29 is 0 Å². The van der Waals surface area contributed by atoms with Crippen LogP contribution in [0.1, 0.15) is 139 Å². The van der Waals surface area contributed by atoms with Gasteiger partial charge in [-0.2, -0.15) is 0 Å². The Morgan fingerprint density at radius 3 is 1.72 bits per heavy atom. The highest BCUT2D eigenvalue weighted by Gasteiger charge is 2.62. The molecule has 272 valence electrons. The second-order valence-corrected chi connectivity index (χ2v) is 21.5. The van der Waals surface area contributed by atoms with Crippen LogP contribution in [0.25, 0.3) is 11.1 Å². The third-order valence-corrected chi connectivity index (χ3v) is 17.7. The summed E-state index contributed by atoms with van der Waals surface area (Å²) in [5.74, 6) is 6.34. The van der Waals surface area contributed by atoms with E-state index in [-0.39, 0.29) is 16.2 Å². The predicted octanol–water partition coefficient (Wildman–Crippen LogP) is 13.7. The quantitative estimate of drug-likeness (QED) is 0.205. The Hall–Kier alpha value is -3.32. The first-order chi connectivity index (χ1) is 25.6. The number of anilines is 3. The van der Waals surface area contributed by atoms with E-state index >= 15 is 0 Å². The molecular formula is C52H59N. The molecule has 8 bridgehead atoms. The zero-order chi connectivity index (χ0) is 35.5. The number of nitrogens with zero attached hydrogens (tertiary/aromatic N) is 1. The van der Waals surface area contributed by atoms with Gasteiger partial charge in [0.25, 0.3) is 0 Å². The molecule has 0 atom stereocenters. The van der Waals surface area contributed by atoms with E-state index in [2.05, 4.69) is 118 Å². The predicted molar refractivity (Wildman–Crippen MR) is 220 cm³/mol. The van der Waals surface area contributed by atoms with Gasteiger partial charge in [-0.05, 0) is 205 Å². The van der Waals surface area contributed by atoms with E-state index in [0.717, 1.165) is 41.4 Å². The summed E-state index contributed by atoms with van der Waals surface area (Å²) < 4.78 is 0. The molecule has 4 aromatic carbocycles. The maximum absolute atomic E-state index is 2.70. The molecule has 10 aliphatic carbocycles. The summed E-state index contributed by atoms with van der Waals surface area (Å²) in [4.78, 5) is 2.70.